The van der Waals surface area contributed by atoms with Crippen molar-refractivity contribution in [2.24, 2.45) is 13.0 Å². The number of Topliss-reactive ketones (excluding diaryl/α,β-unsaturated/α-hetero) is 1. The summed E-state index contributed by atoms with van der Waals surface area (Å²) >= 11 is 0. The van der Waals surface area contributed by atoms with Crippen molar-refractivity contribution in [2.75, 3.05) is 11.4 Å². The highest BCUT2D eigenvalue weighted by atomic mass is 16.2. The molecule has 1 atom stereocenters. The smallest absolute Gasteiger partial charge is 0.228 e. The van der Waals surface area contributed by atoms with Gasteiger partial charge in [0, 0.05) is 32.0 Å². The Kier molecular flexibility index (Phi) is 8.97. The van der Waals surface area contributed by atoms with Crippen molar-refractivity contribution in [3.05, 3.63) is 53.3 Å². The molecule has 0 aliphatic rings. The minimum atomic E-state index is 0.0985. The number of imidazole rings is 1. The molecule has 3 rings (SSSR count). The predicted octanol–water partition coefficient (Wildman–Crippen LogP) is 5.92. The van der Waals surface area contributed by atoms with Crippen LogP contribution in [0.15, 0.2) is 36.4 Å². The molecule has 1 amide bonds. The van der Waals surface area contributed by atoms with E-state index in [1.54, 1.807) is 6.92 Å². The number of aromatic nitrogens is 3. The molecule has 34 heavy (non-hydrogen) atoms. The van der Waals surface area contributed by atoms with Crippen LogP contribution in [0, 0.1) is 5.92 Å². The van der Waals surface area contributed by atoms with Crippen LogP contribution in [-0.4, -0.2) is 32.8 Å². The Bertz CT molecular complexity index is 1120. The highest BCUT2D eigenvalue weighted by Gasteiger charge is 2.18. The fourth-order valence-corrected chi connectivity index (χ4v) is 4.26. The van der Waals surface area contributed by atoms with Gasteiger partial charge in [-0.1, -0.05) is 51.5 Å². The molecule has 0 fully saturated rings. The third-order valence-electron chi connectivity index (χ3n) is 6.38. The molecule has 0 bridgehead atoms. The molecule has 2 aromatic heterocycles. The fourth-order valence-electron chi connectivity index (χ4n) is 4.26. The molecule has 0 aliphatic heterocycles. The molecule has 2 heterocycles. The van der Waals surface area contributed by atoms with Crippen LogP contribution in [0.4, 0.5) is 5.82 Å². The summed E-state index contributed by atoms with van der Waals surface area (Å²) in [5, 5.41) is 0. The fraction of sp³-hybridized carbons (Fsp3) is 0.500. The van der Waals surface area contributed by atoms with E-state index in [1.807, 2.05) is 43.1 Å². The number of ketones is 1. The summed E-state index contributed by atoms with van der Waals surface area (Å²) in [4.78, 5) is 35.7. The second-order valence-corrected chi connectivity index (χ2v) is 9.35. The lowest BCUT2D eigenvalue weighted by molar-refractivity contribution is -0.118. The van der Waals surface area contributed by atoms with Crippen LogP contribution in [0.3, 0.4) is 0 Å². The zero-order chi connectivity index (χ0) is 24.7. The van der Waals surface area contributed by atoms with Gasteiger partial charge >= 0.3 is 0 Å². The van der Waals surface area contributed by atoms with Crippen molar-refractivity contribution in [1.82, 2.24) is 14.5 Å². The molecule has 6 nitrogen and oxygen atoms in total. The summed E-state index contributed by atoms with van der Waals surface area (Å²) in [7, 11) is 2.01. The number of carbonyl (C=O) groups is 2. The van der Waals surface area contributed by atoms with Crippen molar-refractivity contribution in [1.29, 1.82) is 0 Å². The van der Waals surface area contributed by atoms with E-state index >= 15 is 0 Å². The molecule has 182 valence electrons. The Morgan fingerprint density at radius 1 is 1.03 bits per heavy atom. The van der Waals surface area contributed by atoms with E-state index in [2.05, 4.69) is 30.5 Å². The van der Waals surface area contributed by atoms with Crippen LogP contribution >= 0.6 is 0 Å². The number of anilines is 1. The Morgan fingerprint density at radius 2 is 1.76 bits per heavy atom. The van der Waals surface area contributed by atoms with Gasteiger partial charge in [-0.2, -0.15) is 0 Å². The molecule has 3 aromatic rings. The van der Waals surface area contributed by atoms with Gasteiger partial charge in [-0.3, -0.25) is 14.5 Å². The molecule has 0 radical (unpaired) electrons. The van der Waals surface area contributed by atoms with Gasteiger partial charge in [0.05, 0.1) is 0 Å². The van der Waals surface area contributed by atoms with E-state index in [-0.39, 0.29) is 11.7 Å². The van der Waals surface area contributed by atoms with Crippen molar-refractivity contribution in [3.8, 4) is 0 Å². The lowest BCUT2D eigenvalue weighted by Crippen LogP contribution is -2.32. The zero-order valence-corrected chi connectivity index (χ0v) is 21.3. The summed E-state index contributed by atoms with van der Waals surface area (Å²) in [5.74, 6) is 2.45. The number of hydrogen-bond donors (Lipinski definition) is 0. The maximum absolute atomic E-state index is 12.7. The van der Waals surface area contributed by atoms with Gasteiger partial charge in [0.1, 0.15) is 17.2 Å². The highest BCUT2D eigenvalue weighted by molar-refractivity contribution is 5.94. The average Bonchev–Trinajstić information content (AvgIpc) is 3.13. The van der Waals surface area contributed by atoms with Crippen LogP contribution in [0.2, 0.25) is 0 Å². The first-order chi connectivity index (χ1) is 16.3. The average molecular weight is 463 g/mol. The number of aryl methyl sites for hydroxylation is 2. The topological polar surface area (TPSA) is 68.1 Å². The Morgan fingerprint density at radius 3 is 2.41 bits per heavy atom. The van der Waals surface area contributed by atoms with Crippen molar-refractivity contribution in [2.45, 2.75) is 72.6 Å². The molecule has 0 spiro atoms. The van der Waals surface area contributed by atoms with E-state index in [9.17, 15) is 9.59 Å². The summed E-state index contributed by atoms with van der Waals surface area (Å²) in [6, 6.07) is 11.8. The van der Waals surface area contributed by atoms with E-state index in [1.165, 1.54) is 5.56 Å². The van der Waals surface area contributed by atoms with Gasteiger partial charge < -0.3 is 4.57 Å². The lowest BCUT2D eigenvalue weighted by atomic mass is 9.95. The number of unbranched alkanes of at least 4 members (excludes halogenated alkanes) is 1. The third-order valence-corrected chi connectivity index (χ3v) is 6.38. The molecule has 6 heteroatoms. The van der Waals surface area contributed by atoms with Gasteiger partial charge in [-0.25, -0.2) is 9.97 Å². The molecule has 0 saturated carbocycles. The second-order valence-electron chi connectivity index (χ2n) is 9.35. The number of nitrogens with zero attached hydrogens (tertiary/aromatic N) is 4. The van der Waals surface area contributed by atoms with Crippen LogP contribution in [0.5, 0.6) is 0 Å². The first kappa shape index (κ1) is 25.6. The molecular weight excluding hydrogens is 424 g/mol. The minimum absolute atomic E-state index is 0.0985. The molecule has 0 saturated heterocycles. The first-order valence-corrected chi connectivity index (χ1v) is 12.6. The highest BCUT2D eigenvalue weighted by Crippen LogP contribution is 2.22. The summed E-state index contributed by atoms with van der Waals surface area (Å²) in [6.45, 7) is 8.71. The Balaban J connectivity index is 1.70. The molecular formula is C28H38N4O2. The van der Waals surface area contributed by atoms with E-state index in [0.29, 0.717) is 18.9 Å². The normalized spacial score (nSPS) is 12.1. The largest absolute Gasteiger partial charge is 0.316 e. The van der Waals surface area contributed by atoms with Gasteiger partial charge in [0.25, 0.3) is 0 Å². The van der Waals surface area contributed by atoms with E-state index < -0.39 is 0 Å². The monoisotopic (exact) mass is 462 g/mol. The quantitative estimate of drug-likeness (QED) is 0.314. The Labute approximate surface area is 203 Å². The lowest BCUT2D eigenvalue weighted by Gasteiger charge is -2.21. The van der Waals surface area contributed by atoms with Gasteiger partial charge in [0.15, 0.2) is 11.4 Å². The van der Waals surface area contributed by atoms with Crippen molar-refractivity contribution < 1.29 is 9.59 Å². The number of amides is 1. The molecule has 1 unspecified atom stereocenters. The number of rotatable bonds is 12. The van der Waals surface area contributed by atoms with Crippen LogP contribution in [-0.2, 0) is 24.7 Å². The number of fused-ring (bicyclic) bond motifs is 1. The van der Waals surface area contributed by atoms with Gasteiger partial charge in [-0.05, 0) is 56.2 Å². The predicted molar refractivity (Wildman–Crippen MR) is 138 cm³/mol. The zero-order valence-electron chi connectivity index (χ0n) is 21.3. The van der Waals surface area contributed by atoms with Gasteiger partial charge in [0.2, 0.25) is 5.91 Å². The van der Waals surface area contributed by atoms with Crippen molar-refractivity contribution in [3.63, 3.8) is 0 Å². The van der Waals surface area contributed by atoms with Crippen LogP contribution in [0.1, 0.15) is 81.5 Å². The SMILES string of the molecule is CCCCN(C(=O)CCC)c1ccc2nc(CCC(C)Cc3ccc(C(C)=O)cc3)n(C)c2n1. The molecule has 1 aromatic carbocycles. The van der Waals surface area contributed by atoms with E-state index in [0.717, 1.165) is 66.9 Å². The number of hydrogen-bond acceptors (Lipinski definition) is 4. The standard InChI is InChI=1S/C28H38N4O2/c1-6-8-18-32(27(34)9-7-2)26-17-15-24-28(30-26)31(5)25(29-24)16-10-20(3)19-22-11-13-23(14-12-22)21(4)33/h11-15,17,20H,6-10,16,18-19H2,1-5H3. The number of carbonyl (C=O) groups excluding carboxylic acids is 2. The Hall–Kier alpha value is -3.02. The van der Waals surface area contributed by atoms with Crippen LogP contribution < -0.4 is 4.90 Å². The number of benzene rings is 1. The maximum atomic E-state index is 12.7. The van der Waals surface area contributed by atoms with Crippen molar-refractivity contribution >= 4 is 28.7 Å². The summed E-state index contributed by atoms with van der Waals surface area (Å²) < 4.78 is 2.06. The van der Waals surface area contributed by atoms with Crippen LogP contribution in [0.25, 0.3) is 11.2 Å². The molecule has 0 aliphatic carbocycles. The summed E-state index contributed by atoms with van der Waals surface area (Å²) in [6.07, 6.45) is 6.21. The van der Waals surface area contributed by atoms with E-state index in [4.69, 9.17) is 9.97 Å². The summed E-state index contributed by atoms with van der Waals surface area (Å²) in [5.41, 5.74) is 3.70. The first-order valence-electron chi connectivity index (χ1n) is 12.6. The van der Waals surface area contributed by atoms with Gasteiger partial charge in [-0.15, -0.1) is 0 Å². The maximum Gasteiger partial charge on any atom is 0.228 e. The second kappa shape index (κ2) is 11.9. The minimum Gasteiger partial charge on any atom is -0.316 e. The third kappa shape index (κ3) is 6.31. The molecule has 0 N–H and O–H groups in total. The number of pyridine rings is 1.